The van der Waals surface area contributed by atoms with Crippen LogP contribution in [0.25, 0.3) is 0 Å². The second-order valence-electron chi connectivity index (χ2n) is 5.82. The van der Waals surface area contributed by atoms with Crippen molar-refractivity contribution >= 4 is 22.4 Å². The van der Waals surface area contributed by atoms with Gasteiger partial charge in [0.15, 0.2) is 5.13 Å². The molecule has 1 aliphatic carbocycles. The van der Waals surface area contributed by atoms with Crippen molar-refractivity contribution in [2.24, 2.45) is 5.92 Å². The summed E-state index contributed by atoms with van der Waals surface area (Å²) in [6, 6.07) is 0. The number of carbonyl (C=O) groups is 1. The Hall–Kier alpha value is -1.10. The lowest BCUT2D eigenvalue weighted by atomic mass is 10.00. The average Bonchev–Trinajstić information content (AvgIpc) is 2.99. The van der Waals surface area contributed by atoms with Gasteiger partial charge in [0, 0.05) is 18.0 Å². The van der Waals surface area contributed by atoms with Gasteiger partial charge < -0.3 is 9.64 Å². The summed E-state index contributed by atoms with van der Waals surface area (Å²) in [4.78, 5) is 20.4. The van der Waals surface area contributed by atoms with Crippen molar-refractivity contribution in [2.45, 2.75) is 45.4 Å². The van der Waals surface area contributed by atoms with Gasteiger partial charge in [0.2, 0.25) is 0 Å². The topological polar surface area (TPSA) is 42.4 Å². The average molecular weight is 294 g/mol. The maximum atomic E-state index is 12.0. The van der Waals surface area contributed by atoms with Gasteiger partial charge in [-0.3, -0.25) is 4.79 Å². The Balaban J connectivity index is 1.74. The molecule has 2 heterocycles. The molecule has 0 amide bonds. The van der Waals surface area contributed by atoms with Gasteiger partial charge in [-0.15, -0.1) is 11.3 Å². The zero-order valence-electron chi connectivity index (χ0n) is 12.2. The summed E-state index contributed by atoms with van der Waals surface area (Å²) < 4.78 is 5.16. The number of nitrogens with zero attached hydrogens (tertiary/aromatic N) is 2. The molecule has 5 heteroatoms. The third kappa shape index (κ3) is 2.55. The fourth-order valence-corrected chi connectivity index (χ4v) is 4.21. The second-order valence-corrected chi connectivity index (χ2v) is 6.88. The van der Waals surface area contributed by atoms with Crippen LogP contribution < -0.4 is 4.90 Å². The van der Waals surface area contributed by atoms with Crippen LogP contribution in [0.15, 0.2) is 0 Å². The molecule has 0 N–H and O–H groups in total. The van der Waals surface area contributed by atoms with E-state index in [-0.39, 0.29) is 11.9 Å². The Labute approximate surface area is 124 Å². The number of anilines is 1. The summed E-state index contributed by atoms with van der Waals surface area (Å²) in [5, 5.41) is 1.11. The van der Waals surface area contributed by atoms with Crippen LogP contribution in [0.4, 0.5) is 5.13 Å². The number of piperidine rings is 1. The third-order valence-electron chi connectivity index (χ3n) is 4.33. The molecule has 0 radical (unpaired) electrons. The molecule has 3 rings (SSSR count). The van der Waals surface area contributed by atoms with Crippen LogP contribution in [0.2, 0.25) is 0 Å². The van der Waals surface area contributed by atoms with Gasteiger partial charge in [-0.2, -0.15) is 0 Å². The lowest BCUT2D eigenvalue weighted by molar-refractivity contribution is -0.145. The summed E-state index contributed by atoms with van der Waals surface area (Å²) in [5.74, 6) is 0.597. The van der Waals surface area contributed by atoms with Gasteiger partial charge in [0.05, 0.1) is 12.3 Å². The van der Waals surface area contributed by atoms with Crippen molar-refractivity contribution in [3.8, 4) is 0 Å². The molecule has 110 valence electrons. The minimum Gasteiger partial charge on any atom is -0.465 e. The van der Waals surface area contributed by atoms with Crippen LogP contribution in [0, 0.1) is 5.92 Å². The molecule has 20 heavy (non-hydrogen) atoms. The smallest absolute Gasteiger partial charge is 0.315 e. The molecule has 1 aromatic rings. The van der Waals surface area contributed by atoms with Crippen LogP contribution >= 0.6 is 11.3 Å². The normalized spacial score (nSPS) is 22.9. The lowest BCUT2D eigenvalue weighted by Crippen LogP contribution is -2.32. The van der Waals surface area contributed by atoms with Crippen molar-refractivity contribution in [3.63, 3.8) is 0 Å². The summed E-state index contributed by atoms with van der Waals surface area (Å²) in [6.07, 6.45) is 4.32. The van der Waals surface area contributed by atoms with Gasteiger partial charge >= 0.3 is 5.97 Å². The van der Waals surface area contributed by atoms with Crippen molar-refractivity contribution in [1.82, 2.24) is 4.98 Å². The minimum atomic E-state index is -0.126. The van der Waals surface area contributed by atoms with Gasteiger partial charge in [-0.25, -0.2) is 4.98 Å². The molecule has 1 fully saturated rings. The molecular formula is C15H22N2O2S. The molecule has 1 aliphatic heterocycles. The number of esters is 1. The fourth-order valence-electron chi connectivity index (χ4n) is 3.02. The first kappa shape index (κ1) is 13.9. The Morgan fingerprint density at radius 1 is 1.40 bits per heavy atom. The standard InChI is InChI=1S/C15H22N2O2S/c1-3-19-14(18)11-4-5-12-13(11)16-15(20-12)17-8-6-10(2)7-9-17/h10-11H,3-9H2,1-2H3. The molecule has 0 spiro atoms. The highest BCUT2D eigenvalue weighted by atomic mass is 32.1. The van der Waals surface area contributed by atoms with E-state index in [1.807, 2.05) is 6.92 Å². The summed E-state index contributed by atoms with van der Waals surface area (Å²) >= 11 is 1.78. The number of carbonyl (C=O) groups excluding carboxylic acids is 1. The van der Waals surface area contributed by atoms with E-state index in [1.54, 1.807) is 11.3 Å². The van der Waals surface area contributed by atoms with E-state index in [0.29, 0.717) is 6.61 Å². The lowest BCUT2D eigenvalue weighted by Gasteiger charge is -2.29. The second kappa shape index (κ2) is 5.72. The minimum absolute atomic E-state index is 0.102. The van der Waals surface area contributed by atoms with E-state index < -0.39 is 0 Å². The molecule has 4 nitrogen and oxygen atoms in total. The maximum Gasteiger partial charge on any atom is 0.315 e. The summed E-state index contributed by atoms with van der Waals surface area (Å²) in [5.41, 5.74) is 0.988. The van der Waals surface area contributed by atoms with Crippen LogP contribution in [-0.4, -0.2) is 30.6 Å². The molecule has 1 atom stereocenters. The third-order valence-corrected chi connectivity index (χ3v) is 5.52. The molecule has 0 aromatic carbocycles. The van der Waals surface area contributed by atoms with E-state index in [0.717, 1.165) is 42.7 Å². The number of rotatable bonds is 3. The summed E-state index contributed by atoms with van der Waals surface area (Å²) in [6.45, 7) is 6.81. The van der Waals surface area contributed by atoms with Crippen molar-refractivity contribution in [2.75, 3.05) is 24.6 Å². The van der Waals surface area contributed by atoms with E-state index in [1.165, 1.54) is 17.7 Å². The predicted molar refractivity (Wildman–Crippen MR) is 80.4 cm³/mol. The number of ether oxygens (including phenoxy) is 1. The SMILES string of the molecule is CCOC(=O)C1CCc2sc(N3CCC(C)CC3)nc21. The first-order chi connectivity index (χ1) is 9.69. The molecule has 2 aliphatic rings. The van der Waals surface area contributed by atoms with E-state index in [4.69, 9.17) is 9.72 Å². The molecular weight excluding hydrogens is 272 g/mol. The summed E-state index contributed by atoms with van der Waals surface area (Å²) in [7, 11) is 0. The van der Waals surface area contributed by atoms with Gasteiger partial charge in [0.1, 0.15) is 5.92 Å². The number of hydrogen-bond acceptors (Lipinski definition) is 5. The van der Waals surface area contributed by atoms with Gasteiger partial charge in [0.25, 0.3) is 0 Å². The highest BCUT2D eigenvalue weighted by Crippen LogP contribution is 2.40. The number of aryl methyl sites for hydroxylation is 1. The highest BCUT2D eigenvalue weighted by Gasteiger charge is 2.34. The van der Waals surface area contributed by atoms with E-state index in [2.05, 4.69) is 11.8 Å². The zero-order valence-corrected chi connectivity index (χ0v) is 13.0. The number of hydrogen-bond donors (Lipinski definition) is 0. The number of thiazole rings is 1. The number of aromatic nitrogens is 1. The van der Waals surface area contributed by atoms with Crippen molar-refractivity contribution in [1.29, 1.82) is 0 Å². The monoisotopic (exact) mass is 294 g/mol. The first-order valence-electron chi connectivity index (χ1n) is 7.60. The van der Waals surface area contributed by atoms with Crippen LogP contribution in [0.3, 0.4) is 0 Å². The predicted octanol–water partition coefficient (Wildman–Crippen LogP) is 2.97. The molecule has 0 saturated carbocycles. The van der Waals surface area contributed by atoms with Gasteiger partial charge in [-0.1, -0.05) is 6.92 Å². The quantitative estimate of drug-likeness (QED) is 0.804. The Bertz CT molecular complexity index is 492. The van der Waals surface area contributed by atoms with Crippen LogP contribution in [0.5, 0.6) is 0 Å². The van der Waals surface area contributed by atoms with E-state index in [9.17, 15) is 4.79 Å². The van der Waals surface area contributed by atoms with Crippen LogP contribution in [0.1, 0.15) is 49.6 Å². The van der Waals surface area contributed by atoms with Gasteiger partial charge in [-0.05, 0) is 38.5 Å². The Morgan fingerprint density at radius 3 is 2.85 bits per heavy atom. The Kier molecular flexibility index (Phi) is 3.96. The highest BCUT2D eigenvalue weighted by molar-refractivity contribution is 7.15. The largest absolute Gasteiger partial charge is 0.465 e. The van der Waals surface area contributed by atoms with Crippen LogP contribution in [-0.2, 0) is 16.0 Å². The van der Waals surface area contributed by atoms with E-state index >= 15 is 0 Å². The zero-order chi connectivity index (χ0) is 14.1. The van der Waals surface area contributed by atoms with Crippen molar-refractivity contribution < 1.29 is 9.53 Å². The molecule has 1 unspecified atom stereocenters. The number of fused-ring (bicyclic) bond motifs is 1. The molecule has 1 saturated heterocycles. The molecule has 0 bridgehead atoms. The first-order valence-corrected chi connectivity index (χ1v) is 8.42. The Morgan fingerprint density at radius 2 is 2.15 bits per heavy atom. The maximum absolute atomic E-state index is 12.0. The van der Waals surface area contributed by atoms with Crippen molar-refractivity contribution in [3.05, 3.63) is 10.6 Å². The molecule has 1 aromatic heterocycles. The fraction of sp³-hybridized carbons (Fsp3) is 0.733.